The SMILES string of the molecule is N#Cc1ccc2c(ccc3c4ccc(-n5c6ccccc6c6c7ccccc7n(-c7ccccc7)c65)cc4ccc23)c1. The molecule has 3 nitrogen and oxygen atoms in total. The molecule has 0 spiro atoms. The highest BCUT2D eigenvalue weighted by molar-refractivity contribution is 6.23. The van der Waals surface area contributed by atoms with Crippen LogP contribution >= 0.6 is 0 Å². The van der Waals surface area contributed by atoms with E-state index in [0.29, 0.717) is 5.56 Å². The van der Waals surface area contributed by atoms with Gasteiger partial charge in [-0.15, -0.1) is 0 Å². The Hall–Kier alpha value is -5.85. The average molecular weight is 534 g/mol. The van der Waals surface area contributed by atoms with E-state index < -0.39 is 0 Å². The molecule has 9 rings (SSSR count). The van der Waals surface area contributed by atoms with Crippen LogP contribution in [0.25, 0.3) is 76.5 Å². The molecule has 42 heavy (non-hydrogen) atoms. The fraction of sp³-hybridized carbons (Fsp3) is 0. The maximum atomic E-state index is 9.36. The van der Waals surface area contributed by atoms with Gasteiger partial charge >= 0.3 is 0 Å². The Morgan fingerprint density at radius 1 is 0.429 bits per heavy atom. The van der Waals surface area contributed by atoms with Crippen LogP contribution in [-0.4, -0.2) is 9.13 Å². The first kappa shape index (κ1) is 22.9. The van der Waals surface area contributed by atoms with Crippen LogP contribution in [0.3, 0.4) is 0 Å². The minimum Gasteiger partial charge on any atom is -0.295 e. The van der Waals surface area contributed by atoms with Crippen LogP contribution in [-0.2, 0) is 0 Å². The van der Waals surface area contributed by atoms with Crippen molar-refractivity contribution >= 4 is 65.2 Å². The number of aromatic nitrogens is 2. The summed E-state index contributed by atoms with van der Waals surface area (Å²) in [6, 6.07) is 51.9. The lowest BCUT2D eigenvalue weighted by atomic mass is 9.96. The Morgan fingerprint density at radius 3 is 1.64 bits per heavy atom. The van der Waals surface area contributed by atoms with Gasteiger partial charge in [-0.25, -0.2) is 0 Å². The van der Waals surface area contributed by atoms with Crippen LogP contribution in [0, 0.1) is 11.3 Å². The first-order chi connectivity index (χ1) is 20.8. The smallest absolute Gasteiger partial charge is 0.131 e. The molecule has 0 aliphatic heterocycles. The topological polar surface area (TPSA) is 33.6 Å². The molecule has 0 amide bonds. The molecule has 0 bridgehead atoms. The van der Waals surface area contributed by atoms with Gasteiger partial charge in [-0.2, -0.15) is 5.26 Å². The number of benzene rings is 7. The third-order valence-electron chi connectivity index (χ3n) is 8.69. The van der Waals surface area contributed by atoms with Crippen LogP contribution in [0.2, 0.25) is 0 Å². The molecule has 0 aliphatic carbocycles. The first-order valence-electron chi connectivity index (χ1n) is 14.2. The summed E-state index contributed by atoms with van der Waals surface area (Å²) in [7, 11) is 0. The highest BCUT2D eigenvalue weighted by atomic mass is 15.1. The van der Waals surface area contributed by atoms with E-state index in [2.05, 4.69) is 143 Å². The highest BCUT2D eigenvalue weighted by Crippen LogP contribution is 2.41. The Kier molecular flexibility index (Phi) is 4.68. The second kappa shape index (κ2) is 8.57. The number of nitriles is 1. The van der Waals surface area contributed by atoms with Crippen molar-refractivity contribution in [1.82, 2.24) is 9.13 Å². The number of para-hydroxylation sites is 3. The maximum absolute atomic E-state index is 9.36. The quantitative estimate of drug-likeness (QED) is 0.204. The summed E-state index contributed by atoms with van der Waals surface area (Å²) in [5.74, 6) is 0. The van der Waals surface area contributed by atoms with Gasteiger partial charge in [0.05, 0.1) is 22.7 Å². The number of hydrogen-bond acceptors (Lipinski definition) is 1. The lowest BCUT2D eigenvalue weighted by Gasteiger charge is -2.14. The predicted molar refractivity (Wildman–Crippen MR) is 175 cm³/mol. The molecule has 3 heteroatoms. The second-order valence-corrected chi connectivity index (χ2v) is 10.9. The fourth-order valence-electron chi connectivity index (χ4n) is 6.88. The Balaban J connectivity index is 1.37. The molecule has 0 atom stereocenters. The van der Waals surface area contributed by atoms with Gasteiger partial charge in [0.1, 0.15) is 5.65 Å². The number of rotatable bonds is 2. The molecule has 9 aromatic rings. The molecule has 0 radical (unpaired) electrons. The van der Waals surface area contributed by atoms with Gasteiger partial charge in [-0.05, 0) is 80.8 Å². The van der Waals surface area contributed by atoms with Crippen molar-refractivity contribution in [3.05, 3.63) is 145 Å². The summed E-state index contributed by atoms with van der Waals surface area (Å²) in [5.41, 5.74) is 6.52. The molecule has 0 saturated carbocycles. The van der Waals surface area contributed by atoms with Crippen LogP contribution in [0.4, 0.5) is 0 Å². The molecular weight excluding hydrogens is 510 g/mol. The van der Waals surface area contributed by atoms with Gasteiger partial charge in [0.15, 0.2) is 0 Å². The third kappa shape index (κ3) is 3.09. The summed E-state index contributed by atoms with van der Waals surface area (Å²) in [6.07, 6.45) is 0. The van der Waals surface area contributed by atoms with Crippen LogP contribution in [0.5, 0.6) is 0 Å². The Labute approximate surface area is 241 Å². The first-order valence-corrected chi connectivity index (χ1v) is 14.2. The van der Waals surface area contributed by atoms with E-state index in [-0.39, 0.29) is 0 Å². The van der Waals surface area contributed by atoms with Crippen molar-refractivity contribution < 1.29 is 0 Å². The van der Waals surface area contributed by atoms with Crippen molar-refractivity contribution in [2.24, 2.45) is 0 Å². The molecule has 2 aromatic heterocycles. The molecule has 0 N–H and O–H groups in total. The van der Waals surface area contributed by atoms with E-state index in [1.807, 2.05) is 12.1 Å². The molecular formula is C39H23N3. The van der Waals surface area contributed by atoms with Gasteiger partial charge in [0.25, 0.3) is 0 Å². The van der Waals surface area contributed by atoms with Crippen molar-refractivity contribution in [3.63, 3.8) is 0 Å². The van der Waals surface area contributed by atoms with Crippen LogP contribution in [0.1, 0.15) is 5.56 Å². The zero-order valence-corrected chi connectivity index (χ0v) is 22.6. The van der Waals surface area contributed by atoms with Crippen molar-refractivity contribution in [2.75, 3.05) is 0 Å². The molecule has 0 aliphatic rings. The van der Waals surface area contributed by atoms with Crippen molar-refractivity contribution in [2.45, 2.75) is 0 Å². The third-order valence-corrected chi connectivity index (χ3v) is 8.69. The molecule has 0 fully saturated rings. The summed E-state index contributed by atoms with van der Waals surface area (Å²) in [6.45, 7) is 0. The number of nitrogens with zero attached hydrogens (tertiary/aromatic N) is 3. The minimum absolute atomic E-state index is 0.686. The van der Waals surface area contributed by atoms with E-state index in [4.69, 9.17) is 0 Å². The second-order valence-electron chi connectivity index (χ2n) is 10.9. The minimum atomic E-state index is 0.686. The van der Waals surface area contributed by atoms with Crippen LogP contribution in [0.15, 0.2) is 140 Å². The summed E-state index contributed by atoms with van der Waals surface area (Å²) in [4.78, 5) is 0. The van der Waals surface area contributed by atoms with Gasteiger partial charge in [-0.3, -0.25) is 9.13 Å². The molecule has 0 saturated heterocycles. The summed E-state index contributed by atoms with van der Waals surface area (Å²) in [5, 5.41) is 20.2. The maximum Gasteiger partial charge on any atom is 0.131 e. The number of hydrogen-bond donors (Lipinski definition) is 0. The zero-order valence-electron chi connectivity index (χ0n) is 22.6. The summed E-state index contributed by atoms with van der Waals surface area (Å²) >= 11 is 0. The lowest BCUT2D eigenvalue weighted by Crippen LogP contribution is -2.01. The predicted octanol–water partition coefficient (Wildman–Crippen LogP) is 10.1. The lowest BCUT2D eigenvalue weighted by molar-refractivity contribution is 1.07. The van der Waals surface area contributed by atoms with Gasteiger partial charge < -0.3 is 0 Å². The Morgan fingerprint density at radius 2 is 0.976 bits per heavy atom. The molecule has 2 heterocycles. The van der Waals surface area contributed by atoms with E-state index in [0.717, 1.165) is 16.8 Å². The normalized spacial score (nSPS) is 11.8. The van der Waals surface area contributed by atoms with Gasteiger partial charge in [0, 0.05) is 27.5 Å². The monoisotopic (exact) mass is 533 g/mol. The summed E-state index contributed by atoms with van der Waals surface area (Å²) < 4.78 is 4.82. The van der Waals surface area contributed by atoms with E-state index in [1.165, 1.54) is 59.8 Å². The van der Waals surface area contributed by atoms with E-state index in [9.17, 15) is 5.26 Å². The van der Waals surface area contributed by atoms with Crippen molar-refractivity contribution in [3.8, 4) is 17.4 Å². The van der Waals surface area contributed by atoms with Crippen molar-refractivity contribution in [1.29, 1.82) is 5.26 Å². The Bertz CT molecular complexity index is 2580. The number of fused-ring (bicyclic) bond motifs is 10. The zero-order chi connectivity index (χ0) is 27.8. The standard InChI is InChI=1S/C39H23N3/c40-24-25-14-18-30-26(22-25)15-19-33-31-21-17-29(23-27(31)16-20-32(30)33)42-37-13-7-5-11-35(37)38-34-10-4-6-12-36(34)41(39(38)42)28-8-2-1-3-9-28/h1-23H. The fourth-order valence-corrected chi connectivity index (χ4v) is 6.88. The van der Waals surface area contributed by atoms with Crippen LogP contribution < -0.4 is 0 Å². The molecule has 194 valence electrons. The molecule has 0 unspecified atom stereocenters. The average Bonchev–Trinajstić information content (AvgIpc) is 3.57. The van der Waals surface area contributed by atoms with E-state index >= 15 is 0 Å². The molecule has 7 aromatic carbocycles. The van der Waals surface area contributed by atoms with E-state index in [1.54, 1.807) is 0 Å². The van der Waals surface area contributed by atoms with Gasteiger partial charge in [0.2, 0.25) is 0 Å². The highest BCUT2D eigenvalue weighted by Gasteiger charge is 2.21. The van der Waals surface area contributed by atoms with Gasteiger partial charge in [-0.1, -0.05) is 91.0 Å². The largest absolute Gasteiger partial charge is 0.295 e.